The number of amides is 1. The van der Waals surface area contributed by atoms with Gasteiger partial charge in [0.1, 0.15) is 5.82 Å². The molecule has 3 aromatic rings. The second-order valence-corrected chi connectivity index (χ2v) is 4.46. The number of anilines is 1. The average Bonchev–Trinajstić information content (AvgIpc) is 2.92. The summed E-state index contributed by atoms with van der Waals surface area (Å²) in [5.41, 5.74) is 0.482. The van der Waals surface area contributed by atoms with E-state index < -0.39 is 0 Å². The highest BCUT2D eigenvalue weighted by Crippen LogP contribution is 2.16. The molecule has 0 saturated carbocycles. The van der Waals surface area contributed by atoms with Crippen molar-refractivity contribution in [3.8, 4) is 11.4 Å². The Morgan fingerprint density at radius 2 is 2.10 bits per heavy atom. The Hall–Kier alpha value is -2.96. The molecular weight excluding hydrogens is 270 g/mol. The van der Waals surface area contributed by atoms with E-state index in [2.05, 4.69) is 20.4 Å². The fourth-order valence-electron chi connectivity index (χ4n) is 1.92. The van der Waals surface area contributed by atoms with Gasteiger partial charge in [0.05, 0.1) is 0 Å². The zero-order chi connectivity index (χ0) is 14.8. The lowest BCUT2D eigenvalue weighted by Crippen LogP contribution is -2.17. The van der Waals surface area contributed by atoms with E-state index in [1.54, 1.807) is 6.92 Å². The van der Waals surface area contributed by atoms with Crippen LogP contribution in [0.3, 0.4) is 0 Å². The van der Waals surface area contributed by atoms with Gasteiger partial charge < -0.3 is 5.32 Å². The normalized spacial score (nSPS) is 10.7. The number of fused-ring (bicyclic) bond motifs is 1. The van der Waals surface area contributed by atoms with Gasteiger partial charge in [-0.1, -0.05) is 37.3 Å². The summed E-state index contributed by atoms with van der Waals surface area (Å²) >= 11 is 0. The molecule has 2 N–H and O–H groups in total. The SMILES string of the molecule is CCC(=O)Nc1cc(=O)[nH]c2nc(-c3ccccc3)nn12. The maximum atomic E-state index is 11.6. The highest BCUT2D eigenvalue weighted by molar-refractivity contribution is 5.89. The number of nitrogens with one attached hydrogen (secondary N) is 2. The first-order chi connectivity index (χ1) is 10.2. The molecular formula is C14H13N5O2. The second-order valence-electron chi connectivity index (χ2n) is 4.46. The number of nitrogens with zero attached hydrogens (tertiary/aromatic N) is 3. The van der Waals surface area contributed by atoms with Gasteiger partial charge in [-0.05, 0) is 0 Å². The number of carbonyl (C=O) groups is 1. The maximum Gasteiger partial charge on any atom is 0.254 e. The Balaban J connectivity index is 2.14. The highest BCUT2D eigenvalue weighted by atomic mass is 16.1. The molecule has 0 aliphatic heterocycles. The van der Waals surface area contributed by atoms with Crippen LogP contribution in [0.15, 0.2) is 41.2 Å². The van der Waals surface area contributed by atoms with E-state index in [1.165, 1.54) is 10.6 Å². The summed E-state index contributed by atoms with van der Waals surface area (Å²) < 4.78 is 1.41. The Morgan fingerprint density at radius 1 is 1.33 bits per heavy atom. The van der Waals surface area contributed by atoms with Crippen molar-refractivity contribution in [3.63, 3.8) is 0 Å². The first kappa shape index (κ1) is 13.0. The van der Waals surface area contributed by atoms with Crippen LogP contribution < -0.4 is 10.9 Å². The number of hydrogen-bond acceptors (Lipinski definition) is 4. The Morgan fingerprint density at radius 3 is 2.81 bits per heavy atom. The van der Waals surface area contributed by atoms with Crippen LogP contribution >= 0.6 is 0 Å². The van der Waals surface area contributed by atoms with Crippen molar-refractivity contribution in [3.05, 3.63) is 46.8 Å². The molecule has 0 aliphatic carbocycles. The van der Waals surface area contributed by atoms with Crippen molar-refractivity contribution in [2.24, 2.45) is 0 Å². The van der Waals surface area contributed by atoms with Crippen LogP contribution in [0.4, 0.5) is 5.82 Å². The fourth-order valence-corrected chi connectivity index (χ4v) is 1.92. The van der Waals surface area contributed by atoms with Gasteiger partial charge in [-0.2, -0.15) is 9.50 Å². The van der Waals surface area contributed by atoms with Crippen LogP contribution in [-0.4, -0.2) is 25.5 Å². The molecule has 0 aliphatic rings. The summed E-state index contributed by atoms with van der Waals surface area (Å²) in [4.78, 5) is 30.0. The zero-order valence-electron chi connectivity index (χ0n) is 11.3. The summed E-state index contributed by atoms with van der Waals surface area (Å²) in [6.45, 7) is 1.73. The number of aromatic nitrogens is 4. The van der Waals surface area contributed by atoms with Gasteiger partial charge in [-0.25, -0.2) is 0 Å². The predicted octanol–water partition coefficient (Wildman–Crippen LogP) is 1.43. The van der Waals surface area contributed by atoms with Crippen molar-refractivity contribution in [1.29, 1.82) is 0 Å². The van der Waals surface area contributed by atoms with E-state index >= 15 is 0 Å². The van der Waals surface area contributed by atoms with E-state index in [9.17, 15) is 9.59 Å². The van der Waals surface area contributed by atoms with Gasteiger partial charge in [0.25, 0.3) is 5.56 Å². The van der Waals surface area contributed by atoms with Gasteiger partial charge in [0.2, 0.25) is 11.7 Å². The molecule has 0 atom stereocenters. The van der Waals surface area contributed by atoms with E-state index in [0.717, 1.165) is 5.56 Å². The van der Waals surface area contributed by atoms with E-state index in [0.29, 0.717) is 18.1 Å². The Labute approximate surface area is 119 Å². The van der Waals surface area contributed by atoms with Crippen molar-refractivity contribution in [1.82, 2.24) is 19.6 Å². The summed E-state index contributed by atoms with van der Waals surface area (Å²) in [7, 11) is 0. The molecule has 0 bridgehead atoms. The quantitative estimate of drug-likeness (QED) is 0.760. The van der Waals surface area contributed by atoms with Crippen LogP contribution in [-0.2, 0) is 4.79 Å². The number of rotatable bonds is 3. The molecule has 7 nitrogen and oxygen atoms in total. The lowest BCUT2D eigenvalue weighted by atomic mass is 10.2. The van der Waals surface area contributed by atoms with E-state index in [4.69, 9.17) is 0 Å². The molecule has 106 valence electrons. The molecule has 0 radical (unpaired) electrons. The summed E-state index contributed by atoms with van der Waals surface area (Å²) in [6, 6.07) is 10.7. The third-order valence-electron chi connectivity index (χ3n) is 2.96. The monoisotopic (exact) mass is 283 g/mol. The molecule has 0 fully saturated rings. The minimum absolute atomic E-state index is 0.196. The molecule has 2 heterocycles. The Bertz CT molecular complexity index is 851. The third kappa shape index (κ3) is 2.53. The van der Waals surface area contributed by atoms with Gasteiger partial charge in [-0.15, -0.1) is 5.10 Å². The number of benzene rings is 1. The molecule has 0 spiro atoms. The van der Waals surface area contributed by atoms with E-state index in [1.807, 2.05) is 30.3 Å². The standard InChI is InChI=1S/C14H13N5O2/c1-2-11(20)15-10-8-12(21)16-14-17-13(18-19(10)14)9-6-4-3-5-7-9/h3-8H,2H2,1H3,(H,15,20)(H,16,17,18,21). The van der Waals surface area contributed by atoms with E-state index in [-0.39, 0.29) is 17.2 Å². The third-order valence-corrected chi connectivity index (χ3v) is 2.96. The zero-order valence-corrected chi connectivity index (χ0v) is 11.3. The summed E-state index contributed by atoms with van der Waals surface area (Å²) in [6.07, 6.45) is 0.314. The number of hydrogen-bond donors (Lipinski definition) is 2. The van der Waals surface area contributed by atoms with Crippen molar-refractivity contribution in [2.75, 3.05) is 5.32 Å². The van der Waals surface area contributed by atoms with Crippen LogP contribution in [0.1, 0.15) is 13.3 Å². The second kappa shape index (κ2) is 5.20. The lowest BCUT2D eigenvalue weighted by molar-refractivity contribution is -0.115. The van der Waals surface area contributed by atoms with Crippen LogP contribution in [0, 0.1) is 0 Å². The van der Waals surface area contributed by atoms with Crippen LogP contribution in [0.2, 0.25) is 0 Å². The first-order valence-corrected chi connectivity index (χ1v) is 6.52. The lowest BCUT2D eigenvalue weighted by Gasteiger charge is -2.04. The van der Waals surface area contributed by atoms with Crippen molar-refractivity contribution >= 4 is 17.5 Å². The van der Waals surface area contributed by atoms with Crippen molar-refractivity contribution in [2.45, 2.75) is 13.3 Å². The fraction of sp³-hybridized carbons (Fsp3) is 0.143. The molecule has 2 aromatic heterocycles. The average molecular weight is 283 g/mol. The van der Waals surface area contributed by atoms with Gasteiger partial charge in [0.15, 0.2) is 5.82 Å². The minimum Gasteiger partial charge on any atom is -0.310 e. The molecule has 0 unspecified atom stereocenters. The summed E-state index contributed by atoms with van der Waals surface area (Å²) in [5, 5.41) is 6.97. The molecule has 1 aromatic carbocycles. The van der Waals surface area contributed by atoms with Crippen LogP contribution in [0.25, 0.3) is 17.2 Å². The van der Waals surface area contributed by atoms with Gasteiger partial charge >= 0.3 is 0 Å². The molecule has 0 saturated heterocycles. The first-order valence-electron chi connectivity index (χ1n) is 6.52. The maximum absolute atomic E-state index is 11.6. The van der Waals surface area contributed by atoms with Crippen molar-refractivity contribution < 1.29 is 4.79 Å². The van der Waals surface area contributed by atoms with Gasteiger partial charge in [-0.3, -0.25) is 14.6 Å². The topological polar surface area (TPSA) is 92.1 Å². The number of H-pyrrole nitrogens is 1. The largest absolute Gasteiger partial charge is 0.310 e. The summed E-state index contributed by atoms with van der Waals surface area (Å²) in [5.74, 6) is 0.867. The minimum atomic E-state index is -0.346. The van der Waals surface area contributed by atoms with Gasteiger partial charge in [0, 0.05) is 18.1 Å². The molecule has 1 amide bonds. The molecule has 21 heavy (non-hydrogen) atoms. The Kier molecular flexibility index (Phi) is 3.23. The number of carbonyl (C=O) groups excluding carboxylic acids is 1. The molecule has 7 heteroatoms. The smallest absolute Gasteiger partial charge is 0.254 e. The predicted molar refractivity (Wildman–Crippen MR) is 78.0 cm³/mol. The van der Waals surface area contributed by atoms with Crippen LogP contribution in [0.5, 0.6) is 0 Å². The highest BCUT2D eigenvalue weighted by Gasteiger charge is 2.11. The number of aromatic amines is 1. The molecule has 3 rings (SSSR count).